The molecule has 5 fully saturated rings. The van der Waals surface area contributed by atoms with Gasteiger partial charge in [-0.25, -0.2) is 0 Å². The summed E-state index contributed by atoms with van der Waals surface area (Å²) in [7, 11) is 0. The van der Waals surface area contributed by atoms with Crippen LogP contribution < -0.4 is 5.73 Å². The number of aliphatic hydroxyl groups excluding tert-OH is 1. The van der Waals surface area contributed by atoms with Crippen LogP contribution in [0.15, 0.2) is 12.2 Å². The number of fused-ring (bicyclic) bond motifs is 7. The van der Waals surface area contributed by atoms with E-state index in [4.69, 9.17) is 5.73 Å². The van der Waals surface area contributed by atoms with Crippen molar-refractivity contribution in [2.75, 3.05) is 0 Å². The Kier molecular flexibility index (Phi) is 4.80. The highest BCUT2D eigenvalue weighted by Crippen LogP contribution is 2.76. The Morgan fingerprint density at radius 2 is 1.52 bits per heavy atom. The van der Waals surface area contributed by atoms with Crippen molar-refractivity contribution < 1.29 is 5.11 Å². The average molecular weight is 428 g/mol. The van der Waals surface area contributed by atoms with E-state index in [1.807, 2.05) is 0 Å². The second-order valence-electron chi connectivity index (χ2n) is 14.3. The van der Waals surface area contributed by atoms with Crippen LogP contribution in [0.25, 0.3) is 0 Å². The molecule has 2 heteroatoms. The maximum Gasteiger partial charge on any atom is 0.0594 e. The van der Waals surface area contributed by atoms with Crippen LogP contribution >= 0.6 is 0 Å². The van der Waals surface area contributed by atoms with Gasteiger partial charge in [-0.3, -0.25) is 0 Å². The number of hydrogen-bond acceptors (Lipinski definition) is 2. The molecule has 0 amide bonds. The molecule has 0 unspecified atom stereocenters. The summed E-state index contributed by atoms with van der Waals surface area (Å²) in [5.41, 5.74) is 9.80. The fourth-order valence-corrected chi connectivity index (χ4v) is 11.2. The van der Waals surface area contributed by atoms with Gasteiger partial charge in [-0.15, -0.1) is 0 Å². The second kappa shape index (κ2) is 6.62. The topological polar surface area (TPSA) is 46.2 Å². The van der Waals surface area contributed by atoms with Crippen LogP contribution in [-0.2, 0) is 0 Å². The van der Waals surface area contributed by atoms with Gasteiger partial charge in [0.05, 0.1) is 6.10 Å². The van der Waals surface area contributed by atoms with Crippen LogP contribution in [0.3, 0.4) is 0 Å². The summed E-state index contributed by atoms with van der Waals surface area (Å²) < 4.78 is 0. The summed E-state index contributed by atoms with van der Waals surface area (Å²) in [6.07, 6.45) is 12.4. The molecule has 0 saturated heterocycles. The van der Waals surface area contributed by atoms with Gasteiger partial charge < -0.3 is 10.8 Å². The highest BCUT2D eigenvalue weighted by molar-refractivity contribution is 5.23. The van der Waals surface area contributed by atoms with Crippen molar-refractivity contribution in [1.29, 1.82) is 0 Å². The predicted octanol–water partition coefficient (Wildman–Crippen LogP) is 6.72. The van der Waals surface area contributed by atoms with Gasteiger partial charge in [-0.2, -0.15) is 0 Å². The molecule has 5 aliphatic rings. The molecule has 0 aromatic carbocycles. The maximum atomic E-state index is 10.9. The Morgan fingerprint density at radius 3 is 2.19 bits per heavy atom. The summed E-state index contributed by atoms with van der Waals surface area (Å²) in [4.78, 5) is 0. The first-order chi connectivity index (χ1) is 14.3. The van der Waals surface area contributed by atoms with Crippen LogP contribution in [0, 0.1) is 51.2 Å². The maximum absolute atomic E-state index is 10.9. The predicted molar refractivity (Wildman–Crippen MR) is 129 cm³/mol. The largest absolute Gasteiger partial charge is 0.393 e. The molecule has 0 bridgehead atoms. The monoisotopic (exact) mass is 427 g/mol. The fourth-order valence-electron chi connectivity index (χ4n) is 11.2. The summed E-state index contributed by atoms with van der Waals surface area (Å²) in [5, 5.41) is 10.9. The molecule has 5 aliphatic carbocycles. The van der Waals surface area contributed by atoms with Crippen LogP contribution in [0.2, 0.25) is 0 Å². The molecule has 176 valence electrons. The number of rotatable bonds is 1. The van der Waals surface area contributed by atoms with Gasteiger partial charge in [-0.05, 0) is 122 Å². The fraction of sp³-hybridized carbons (Fsp3) is 0.931. The Morgan fingerprint density at radius 1 is 0.806 bits per heavy atom. The highest BCUT2D eigenvalue weighted by atomic mass is 16.3. The molecule has 0 aromatic heterocycles. The number of nitrogens with two attached hydrogens (primary N) is 1. The van der Waals surface area contributed by atoms with E-state index in [1.54, 1.807) is 0 Å². The van der Waals surface area contributed by atoms with Gasteiger partial charge >= 0.3 is 0 Å². The van der Waals surface area contributed by atoms with E-state index in [2.05, 4.69) is 48.1 Å². The molecule has 0 heterocycles. The van der Waals surface area contributed by atoms with Crippen LogP contribution in [-0.4, -0.2) is 16.7 Å². The van der Waals surface area contributed by atoms with Gasteiger partial charge in [0.25, 0.3) is 0 Å². The van der Waals surface area contributed by atoms with E-state index in [0.29, 0.717) is 34.0 Å². The van der Waals surface area contributed by atoms with Gasteiger partial charge in [0.15, 0.2) is 0 Å². The van der Waals surface area contributed by atoms with E-state index in [1.165, 1.54) is 63.4 Å². The van der Waals surface area contributed by atoms with E-state index >= 15 is 0 Å². The minimum absolute atomic E-state index is 0.0432. The molecule has 3 N–H and O–H groups in total. The van der Waals surface area contributed by atoms with Gasteiger partial charge in [0.2, 0.25) is 0 Å². The third-order valence-corrected chi connectivity index (χ3v) is 13.1. The molecule has 2 nitrogen and oxygen atoms in total. The Hall–Kier alpha value is -0.340. The Bertz CT molecular complexity index is 773. The summed E-state index contributed by atoms with van der Waals surface area (Å²) in [6.45, 7) is 19.4. The SMILES string of the molecule is C=C(C)[C@@H]1CC[C@]2(N)CC[C@]3(C)[C@H](CC[C@@H]4[C@@]5(C)CC[C@H](O)C(C)(C)[C@@H]5CC[C@]43C)[C@@H]12. The third-order valence-electron chi connectivity index (χ3n) is 13.1. The van der Waals surface area contributed by atoms with Crippen molar-refractivity contribution >= 4 is 0 Å². The van der Waals surface area contributed by atoms with Crippen molar-refractivity contribution in [3.8, 4) is 0 Å². The van der Waals surface area contributed by atoms with Crippen molar-refractivity contribution in [3.63, 3.8) is 0 Å². The van der Waals surface area contributed by atoms with Crippen molar-refractivity contribution in [2.24, 2.45) is 57.0 Å². The second-order valence-corrected chi connectivity index (χ2v) is 14.3. The summed E-state index contributed by atoms with van der Waals surface area (Å²) in [5.74, 6) is 3.44. The minimum Gasteiger partial charge on any atom is -0.393 e. The normalized spacial score (nSPS) is 57.9. The van der Waals surface area contributed by atoms with Crippen LogP contribution in [0.1, 0.15) is 106 Å². The number of hydrogen-bond donors (Lipinski definition) is 2. The molecule has 0 spiro atoms. The lowest BCUT2D eigenvalue weighted by Crippen LogP contribution is -2.68. The Labute approximate surface area is 191 Å². The van der Waals surface area contributed by atoms with E-state index < -0.39 is 0 Å². The molecule has 31 heavy (non-hydrogen) atoms. The first kappa shape index (κ1) is 22.5. The number of aliphatic hydroxyl groups is 1. The number of allylic oxidation sites excluding steroid dienone is 1. The standard InChI is InChI=1S/C29H49NO/c1-18(2)19-10-15-29(30)17-16-27(6)20(24(19)29)8-9-22-26(5)13-12-23(31)25(3,4)21(26)11-14-28(22,27)7/h19-24,31H,1,8-17,30H2,2-7H3/t19-,20+,21-,22+,23-,24+,26-,27+,28+,29-/m0/s1. The quantitative estimate of drug-likeness (QED) is 0.456. The average Bonchev–Trinajstić information content (AvgIpc) is 3.04. The molecule has 0 aliphatic heterocycles. The van der Waals surface area contributed by atoms with Crippen molar-refractivity contribution in [2.45, 2.75) is 117 Å². The van der Waals surface area contributed by atoms with Gasteiger partial charge in [0.1, 0.15) is 0 Å². The molecule has 10 atom stereocenters. The van der Waals surface area contributed by atoms with E-state index in [-0.39, 0.29) is 17.1 Å². The molecule has 0 radical (unpaired) electrons. The zero-order chi connectivity index (χ0) is 22.6. The minimum atomic E-state index is -0.135. The first-order valence-electron chi connectivity index (χ1n) is 13.4. The van der Waals surface area contributed by atoms with Crippen molar-refractivity contribution in [3.05, 3.63) is 12.2 Å². The molecular weight excluding hydrogens is 378 g/mol. The molecule has 5 rings (SSSR count). The highest BCUT2D eigenvalue weighted by Gasteiger charge is 2.70. The first-order valence-corrected chi connectivity index (χ1v) is 13.4. The van der Waals surface area contributed by atoms with Crippen LogP contribution in [0.4, 0.5) is 0 Å². The van der Waals surface area contributed by atoms with E-state index in [0.717, 1.165) is 18.3 Å². The zero-order valence-corrected chi connectivity index (χ0v) is 21.3. The molecular formula is C29H49NO. The van der Waals surface area contributed by atoms with Gasteiger partial charge in [-0.1, -0.05) is 46.8 Å². The van der Waals surface area contributed by atoms with Crippen molar-refractivity contribution in [1.82, 2.24) is 0 Å². The summed E-state index contributed by atoms with van der Waals surface area (Å²) in [6, 6.07) is 0. The molecule has 5 saturated carbocycles. The summed E-state index contributed by atoms with van der Waals surface area (Å²) >= 11 is 0. The lowest BCUT2D eigenvalue weighted by atomic mass is 9.32. The lowest BCUT2D eigenvalue weighted by Gasteiger charge is -2.72. The van der Waals surface area contributed by atoms with E-state index in [9.17, 15) is 5.11 Å². The zero-order valence-electron chi connectivity index (χ0n) is 21.3. The smallest absolute Gasteiger partial charge is 0.0594 e. The van der Waals surface area contributed by atoms with Crippen LogP contribution in [0.5, 0.6) is 0 Å². The lowest BCUT2D eigenvalue weighted by molar-refractivity contribution is -0.242. The van der Waals surface area contributed by atoms with Gasteiger partial charge in [0, 0.05) is 5.54 Å². The Balaban J connectivity index is 1.54. The molecule has 0 aromatic rings. The third kappa shape index (κ3) is 2.64.